The Kier molecular flexibility index (Phi) is 6.25. The van der Waals surface area contributed by atoms with E-state index >= 15 is 0 Å². The lowest BCUT2D eigenvalue weighted by molar-refractivity contribution is -0.125. The number of nitrogens with one attached hydrogen (secondary N) is 1. The highest BCUT2D eigenvalue weighted by Gasteiger charge is 2.28. The van der Waals surface area contributed by atoms with E-state index < -0.39 is 0 Å². The summed E-state index contributed by atoms with van der Waals surface area (Å²) in [6, 6.07) is 10.7. The van der Waals surface area contributed by atoms with Gasteiger partial charge in [0.2, 0.25) is 11.8 Å². The third-order valence-corrected chi connectivity index (χ3v) is 4.95. The summed E-state index contributed by atoms with van der Waals surface area (Å²) in [6.45, 7) is 2.18. The van der Waals surface area contributed by atoms with Gasteiger partial charge in [-0.25, -0.2) is 0 Å². The molecule has 0 radical (unpaired) electrons. The summed E-state index contributed by atoms with van der Waals surface area (Å²) in [4.78, 5) is 16.3. The van der Waals surface area contributed by atoms with Gasteiger partial charge in [0.15, 0.2) is 6.61 Å². The second-order valence-electron chi connectivity index (χ2n) is 7.04. The average molecular weight is 429 g/mol. The number of nitrogens with zero attached hydrogens (tertiary/aromatic N) is 3. The van der Waals surface area contributed by atoms with Crippen LogP contribution in [0.1, 0.15) is 30.5 Å². The van der Waals surface area contributed by atoms with Crippen LogP contribution in [-0.2, 0) is 9.53 Å². The second-order valence-corrected chi connectivity index (χ2v) is 7.48. The molecule has 0 unspecified atom stereocenters. The number of amides is 1. The molecule has 1 aliphatic heterocycles. The number of carbonyl (C=O) groups excluding carboxylic acids is 1. The van der Waals surface area contributed by atoms with Gasteiger partial charge in [-0.15, -0.1) is 10.2 Å². The normalized spacial score (nSPS) is 18.7. The lowest BCUT2D eigenvalue weighted by atomic mass is 10.0. The molecule has 2 atom stereocenters. The van der Waals surface area contributed by atoms with E-state index in [1.165, 1.54) is 0 Å². The Morgan fingerprint density at radius 2 is 2.03 bits per heavy atom. The van der Waals surface area contributed by atoms with Crippen LogP contribution in [0.25, 0.3) is 11.5 Å². The highest BCUT2D eigenvalue weighted by atomic mass is 35.5. The zero-order chi connectivity index (χ0) is 20.9. The molecule has 1 aromatic carbocycles. The number of hydrogen-bond donors (Lipinski definition) is 1. The molecule has 9 heteroatoms. The Morgan fingerprint density at radius 3 is 2.73 bits per heavy atom. The van der Waals surface area contributed by atoms with Crippen molar-refractivity contribution >= 4 is 17.5 Å². The molecular weight excluding hydrogens is 408 g/mol. The molecule has 30 heavy (non-hydrogen) atoms. The molecule has 2 aromatic heterocycles. The van der Waals surface area contributed by atoms with E-state index in [1.807, 2.05) is 25.1 Å². The number of ether oxygens (including phenoxy) is 2. The Labute approximate surface area is 178 Å². The van der Waals surface area contributed by atoms with Gasteiger partial charge in [0.25, 0.3) is 5.91 Å². The first-order valence-corrected chi connectivity index (χ1v) is 10.0. The third-order valence-electron chi connectivity index (χ3n) is 4.70. The van der Waals surface area contributed by atoms with Gasteiger partial charge in [-0.1, -0.05) is 11.6 Å². The maximum atomic E-state index is 12.1. The zero-order valence-corrected chi connectivity index (χ0v) is 17.1. The van der Waals surface area contributed by atoms with Crippen LogP contribution < -0.4 is 10.1 Å². The smallest absolute Gasteiger partial charge is 0.258 e. The van der Waals surface area contributed by atoms with Gasteiger partial charge >= 0.3 is 0 Å². The largest absolute Gasteiger partial charge is 0.482 e. The molecule has 0 aliphatic carbocycles. The lowest BCUT2D eigenvalue weighted by Crippen LogP contribution is -2.43. The quantitative estimate of drug-likeness (QED) is 0.641. The van der Waals surface area contributed by atoms with Gasteiger partial charge in [-0.05, 0) is 56.2 Å². The lowest BCUT2D eigenvalue weighted by Gasteiger charge is -2.27. The molecule has 1 amide bonds. The van der Waals surface area contributed by atoms with Crippen molar-refractivity contribution < 1.29 is 18.7 Å². The first-order chi connectivity index (χ1) is 14.6. The molecule has 0 spiro atoms. The molecule has 8 nitrogen and oxygen atoms in total. The predicted molar refractivity (Wildman–Crippen MR) is 109 cm³/mol. The summed E-state index contributed by atoms with van der Waals surface area (Å²) in [5.41, 5.74) is 1.69. The van der Waals surface area contributed by atoms with E-state index in [4.69, 9.17) is 25.5 Å². The highest BCUT2D eigenvalue weighted by molar-refractivity contribution is 6.30. The second kappa shape index (κ2) is 9.23. The molecule has 1 fully saturated rings. The van der Waals surface area contributed by atoms with E-state index in [1.54, 1.807) is 24.4 Å². The standard InChI is InChI=1S/C21H21ClN4O4/c1-13-2-8-17(10-23-13)28-12-19(27)24-16-7-9-18(29-11-16)21-26-25-20(30-21)14-3-5-15(22)6-4-14/h2-6,8,10,16,18H,7,9,11-12H2,1H3,(H,24,27)/t16-,18-/m0/s1. The molecular formula is C21H21ClN4O4. The van der Waals surface area contributed by atoms with Gasteiger partial charge in [-0.3, -0.25) is 9.78 Å². The van der Waals surface area contributed by atoms with Crippen LogP contribution in [0.4, 0.5) is 0 Å². The molecule has 0 saturated carbocycles. The molecule has 1 saturated heterocycles. The maximum absolute atomic E-state index is 12.1. The van der Waals surface area contributed by atoms with Gasteiger partial charge in [0.1, 0.15) is 11.9 Å². The van der Waals surface area contributed by atoms with Crippen molar-refractivity contribution in [3.05, 3.63) is 59.2 Å². The van der Waals surface area contributed by atoms with Crippen molar-refractivity contribution in [3.63, 3.8) is 0 Å². The van der Waals surface area contributed by atoms with Crippen molar-refractivity contribution in [1.82, 2.24) is 20.5 Å². The van der Waals surface area contributed by atoms with Gasteiger partial charge in [-0.2, -0.15) is 0 Å². The van der Waals surface area contributed by atoms with E-state index in [0.29, 0.717) is 35.6 Å². The molecule has 3 heterocycles. The average Bonchev–Trinajstić information content (AvgIpc) is 3.25. The third kappa shape index (κ3) is 5.14. The minimum Gasteiger partial charge on any atom is -0.482 e. The molecule has 156 valence electrons. The topological polar surface area (TPSA) is 99.4 Å². The molecule has 3 aromatic rings. The van der Waals surface area contributed by atoms with Crippen LogP contribution in [0.2, 0.25) is 5.02 Å². The Balaban J connectivity index is 1.24. The molecule has 1 aliphatic rings. The summed E-state index contributed by atoms with van der Waals surface area (Å²) in [5.74, 6) is 1.21. The van der Waals surface area contributed by atoms with Crippen LogP contribution in [-0.4, -0.2) is 40.3 Å². The number of rotatable bonds is 6. The van der Waals surface area contributed by atoms with Crippen molar-refractivity contribution in [3.8, 4) is 17.2 Å². The van der Waals surface area contributed by atoms with Crippen molar-refractivity contribution in [2.45, 2.75) is 31.9 Å². The number of aromatic nitrogens is 3. The van der Waals surface area contributed by atoms with Gasteiger partial charge in [0, 0.05) is 16.3 Å². The maximum Gasteiger partial charge on any atom is 0.258 e. The van der Waals surface area contributed by atoms with Crippen LogP contribution in [0.5, 0.6) is 5.75 Å². The SMILES string of the molecule is Cc1ccc(OCC(=O)N[C@H]2CC[C@@H](c3nnc(-c4ccc(Cl)cc4)o3)OC2)cn1. The highest BCUT2D eigenvalue weighted by Crippen LogP contribution is 2.29. The zero-order valence-electron chi connectivity index (χ0n) is 16.4. The van der Waals surface area contributed by atoms with Crippen LogP contribution >= 0.6 is 11.6 Å². The number of benzene rings is 1. The Hall–Kier alpha value is -2.97. The fourth-order valence-corrected chi connectivity index (χ4v) is 3.22. The summed E-state index contributed by atoms with van der Waals surface area (Å²) >= 11 is 5.91. The van der Waals surface area contributed by atoms with E-state index in [-0.39, 0.29) is 24.7 Å². The first kappa shape index (κ1) is 20.3. The van der Waals surface area contributed by atoms with E-state index in [2.05, 4.69) is 20.5 Å². The van der Waals surface area contributed by atoms with Crippen molar-refractivity contribution in [1.29, 1.82) is 0 Å². The fourth-order valence-electron chi connectivity index (χ4n) is 3.09. The van der Waals surface area contributed by atoms with Crippen molar-refractivity contribution in [2.75, 3.05) is 13.2 Å². The number of carbonyl (C=O) groups is 1. The van der Waals surface area contributed by atoms with Gasteiger partial charge in [0.05, 0.1) is 18.8 Å². The number of aryl methyl sites for hydroxylation is 1. The summed E-state index contributed by atoms with van der Waals surface area (Å²) in [7, 11) is 0. The number of halogens is 1. The minimum absolute atomic E-state index is 0.0707. The fraction of sp³-hybridized carbons (Fsp3) is 0.333. The van der Waals surface area contributed by atoms with E-state index in [9.17, 15) is 4.79 Å². The van der Waals surface area contributed by atoms with Crippen LogP contribution in [0.3, 0.4) is 0 Å². The number of hydrogen-bond acceptors (Lipinski definition) is 7. The van der Waals surface area contributed by atoms with Crippen LogP contribution in [0.15, 0.2) is 47.0 Å². The summed E-state index contributed by atoms with van der Waals surface area (Å²) in [6.07, 6.45) is 2.71. The Morgan fingerprint density at radius 1 is 1.20 bits per heavy atom. The predicted octanol–water partition coefficient (Wildman–Crippen LogP) is 3.51. The summed E-state index contributed by atoms with van der Waals surface area (Å²) < 4.78 is 17.0. The molecule has 0 bridgehead atoms. The van der Waals surface area contributed by atoms with Gasteiger partial charge < -0.3 is 19.2 Å². The van der Waals surface area contributed by atoms with Crippen molar-refractivity contribution in [2.24, 2.45) is 0 Å². The molecule has 1 N–H and O–H groups in total. The van der Waals surface area contributed by atoms with E-state index in [0.717, 1.165) is 17.7 Å². The minimum atomic E-state index is -0.290. The molecule has 4 rings (SSSR count). The first-order valence-electron chi connectivity index (χ1n) is 9.62. The Bertz CT molecular complexity index is 983. The number of pyridine rings is 1. The summed E-state index contributed by atoms with van der Waals surface area (Å²) in [5, 5.41) is 11.8. The monoisotopic (exact) mass is 428 g/mol. The van der Waals surface area contributed by atoms with Crippen LogP contribution in [0, 0.1) is 6.92 Å².